The van der Waals surface area contributed by atoms with Crippen molar-refractivity contribution in [2.75, 3.05) is 5.32 Å². The van der Waals surface area contributed by atoms with Crippen LogP contribution < -0.4 is 5.32 Å². The van der Waals surface area contributed by atoms with Gasteiger partial charge in [-0.1, -0.05) is 25.1 Å². The summed E-state index contributed by atoms with van der Waals surface area (Å²) in [5.74, 6) is 1.09. The summed E-state index contributed by atoms with van der Waals surface area (Å²) in [6.07, 6.45) is 3.44. The van der Waals surface area contributed by atoms with Gasteiger partial charge in [0.25, 0.3) is 0 Å². The van der Waals surface area contributed by atoms with Gasteiger partial charge in [-0.3, -0.25) is 4.79 Å². The van der Waals surface area contributed by atoms with Crippen molar-refractivity contribution in [2.45, 2.75) is 39.5 Å². The van der Waals surface area contributed by atoms with Gasteiger partial charge in [0.1, 0.15) is 5.82 Å². The molecule has 0 spiro atoms. The molecule has 0 saturated heterocycles. The van der Waals surface area contributed by atoms with Gasteiger partial charge in [-0.15, -0.1) is 0 Å². The SMILES string of the molecule is CCc1ccccc1NC(=O)C1CCc2nc(C)[nH]c2C1. The van der Waals surface area contributed by atoms with Gasteiger partial charge in [0.2, 0.25) is 5.91 Å². The third-order valence-electron chi connectivity index (χ3n) is 4.19. The molecule has 1 aromatic heterocycles. The number of carbonyl (C=O) groups is 1. The highest BCUT2D eigenvalue weighted by Crippen LogP contribution is 2.25. The number of rotatable bonds is 3. The van der Waals surface area contributed by atoms with Crippen LogP contribution in [0.2, 0.25) is 0 Å². The Morgan fingerprint density at radius 1 is 1.43 bits per heavy atom. The zero-order chi connectivity index (χ0) is 14.8. The third kappa shape index (κ3) is 2.84. The van der Waals surface area contributed by atoms with Crippen molar-refractivity contribution in [3.8, 4) is 0 Å². The monoisotopic (exact) mass is 283 g/mol. The highest BCUT2D eigenvalue weighted by Gasteiger charge is 2.27. The fraction of sp³-hybridized carbons (Fsp3) is 0.412. The van der Waals surface area contributed by atoms with Gasteiger partial charge in [-0.05, 0) is 37.8 Å². The minimum atomic E-state index is 0.0299. The summed E-state index contributed by atoms with van der Waals surface area (Å²) in [7, 11) is 0. The minimum absolute atomic E-state index is 0.0299. The van der Waals surface area contributed by atoms with Gasteiger partial charge in [0, 0.05) is 23.7 Å². The second-order valence-electron chi connectivity index (χ2n) is 5.69. The first kappa shape index (κ1) is 13.9. The Balaban J connectivity index is 1.72. The predicted molar refractivity (Wildman–Crippen MR) is 83.3 cm³/mol. The van der Waals surface area contributed by atoms with Gasteiger partial charge in [0.15, 0.2) is 0 Å². The Labute approximate surface area is 125 Å². The molecule has 3 rings (SSSR count). The van der Waals surface area contributed by atoms with Crippen LogP contribution in [0.3, 0.4) is 0 Å². The summed E-state index contributed by atoms with van der Waals surface area (Å²) in [6.45, 7) is 4.07. The molecule has 110 valence electrons. The third-order valence-corrected chi connectivity index (χ3v) is 4.19. The summed E-state index contributed by atoms with van der Waals surface area (Å²) in [5.41, 5.74) is 4.38. The molecule has 0 bridgehead atoms. The molecule has 1 aromatic carbocycles. The number of hydrogen-bond donors (Lipinski definition) is 2. The van der Waals surface area contributed by atoms with Crippen LogP contribution in [0.1, 0.15) is 36.1 Å². The topological polar surface area (TPSA) is 57.8 Å². The first-order valence-electron chi connectivity index (χ1n) is 7.60. The number of H-pyrrole nitrogens is 1. The second kappa shape index (κ2) is 5.72. The van der Waals surface area contributed by atoms with Crippen LogP contribution >= 0.6 is 0 Å². The van der Waals surface area contributed by atoms with E-state index in [1.807, 2.05) is 25.1 Å². The van der Waals surface area contributed by atoms with E-state index in [2.05, 4.69) is 28.3 Å². The van der Waals surface area contributed by atoms with Gasteiger partial charge < -0.3 is 10.3 Å². The molecule has 1 amide bonds. The predicted octanol–water partition coefficient (Wildman–Crippen LogP) is 3.02. The van der Waals surface area contributed by atoms with E-state index in [0.717, 1.165) is 48.6 Å². The fourth-order valence-corrected chi connectivity index (χ4v) is 3.03. The number of hydrogen-bond acceptors (Lipinski definition) is 2. The van der Waals surface area contributed by atoms with E-state index in [1.165, 1.54) is 5.56 Å². The van der Waals surface area contributed by atoms with Gasteiger partial charge in [0.05, 0.1) is 5.69 Å². The number of imidazole rings is 1. The molecule has 1 aliphatic rings. The van der Waals surface area contributed by atoms with E-state index in [9.17, 15) is 4.79 Å². The van der Waals surface area contributed by atoms with Crippen molar-refractivity contribution in [3.63, 3.8) is 0 Å². The number of carbonyl (C=O) groups excluding carboxylic acids is 1. The zero-order valence-electron chi connectivity index (χ0n) is 12.6. The summed E-state index contributed by atoms with van der Waals surface area (Å²) >= 11 is 0. The summed E-state index contributed by atoms with van der Waals surface area (Å²) < 4.78 is 0. The summed E-state index contributed by atoms with van der Waals surface area (Å²) in [5, 5.41) is 3.10. The van der Waals surface area contributed by atoms with Crippen LogP contribution in [-0.2, 0) is 24.1 Å². The van der Waals surface area contributed by atoms with E-state index in [1.54, 1.807) is 0 Å². The van der Waals surface area contributed by atoms with Gasteiger partial charge in [-0.2, -0.15) is 0 Å². The normalized spacial score (nSPS) is 17.3. The number of amides is 1. The molecule has 2 N–H and O–H groups in total. The number of fused-ring (bicyclic) bond motifs is 1. The van der Waals surface area contributed by atoms with Gasteiger partial charge in [-0.25, -0.2) is 4.98 Å². The van der Waals surface area contributed by atoms with Crippen molar-refractivity contribution >= 4 is 11.6 Å². The molecule has 4 nitrogen and oxygen atoms in total. The number of anilines is 1. The van der Waals surface area contributed by atoms with E-state index in [0.29, 0.717) is 0 Å². The van der Waals surface area contributed by atoms with Crippen LogP contribution in [0.15, 0.2) is 24.3 Å². The number of nitrogens with zero attached hydrogens (tertiary/aromatic N) is 1. The average Bonchev–Trinajstić information content (AvgIpc) is 2.86. The molecule has 1 unspecified atom stereocenters. The van der Waals surface area contributed by atoms with Crippen molar-refractivity contribution in [1.82, 2.24) is 9.97 Å². The van der Waals surface area contributed by atoms with Crippen LogP contribution in [0.25, 0.3) is 0 Å². The number of aromatic amines is 1. The molecule has 0 saturated carbocycles. The van der Waals surface area contributed by atoms with Crippen LogP contribution in [0, 0.1) is 12.8 Å². The molecule has 0 aliphatic heterocycles. The minimum Gasteiger partial charge on any atom is -0.346 e. The number of nitrogens with one attached hydrogen (secondary N) is 2. The lowest BCUT2D eigenvalue weighted by molar-refractivity contribution is -0.120. The van der Waals surface area contributed by atoms with Gasteiger partial charge >= 0.3 is 0 Å². The first-order valence-corrected chi connectivity index (χ1v) is 7.60. The molecular formula is C17H21N3O. The number of aryl methyl sites for hydroxylation is 3. The van der Waals surface area contributed by atoms with Crippen molar-refractivity contribution in [1.29, 1.82) is 0 Å². The van der Waals surface area contributed by atoms with Crippen molar-refractivity contribution < 1.29 is 4.79 Å². The van der Waals surface area contributed by atoms with Crippen molar-refractivity contribution in [2.24, 2.45) is 5.92 Å². The van der Waals surface area contributed by atoms with Crippen LogP contribution in [-0.4, -0.2) is 15.9 Å². The molecule has 1 heterocycles. The van der Waals surface area contributed by atoms with E-state index in [4.69, 9.17) is 0 Å². The maximum atomic E-state index is 12.5. The quantitative estimate of drug-likeness (QED) is 0.909. The maximum absolute atomic E-state index is 12.5. The largest absolute Gasteiger partial charge is 0.346 e. The van der Waals surface area contributed by atoms with Crippen LogP contribution in [0.5, 0.6) is 0 Å². The molecule has 4 heteroatoms. The van der Waals surface area contributed by atoms with Crippen LogP contribution in [0.4, 0.5) is 5.69 Å². The summed E-state index contributed by atoms with van der Waals surface area (Å²) in [4.78, 5) is 20.3. The molecule has 1 aliphatic carbocycles. The summed E-state index contributed by atoms with van der Waals surface area (Å²) in [6, 6.07) is 8.01. The standard InChI is InChI=1S/C17H21N3O/c1-3-12-6-4-5-7-14(12)20-17(21)13-8-9-15-16(10-13)19-11(2)18-15/h4-7,13H,3,8-10H2,1-2H3,(H,18,19)(H,20,21). The van der Waals surface area contributed by atoms with E-state index < -0.39 is 0 Å². The number of aromatic nitrogens is 2. The molecule has 0 radical (unpaired) electrons. The highest BCUT2D eigenvalue weighted by molar-refractivity contribution is 5.93. The Bertz CT molecular complexity index is 660. The average molecular weight is 283 g/mol. The van der Waals surface area contributed by atoms with Crippen molar-refractivity contribution in [3.05, 3.63) is 47.0 Å². The number of para-hydroxylation sites is 1. The Morgan fingerprint density at radius 3 is 3.05 bits per heavy atom. The zero-order valence-corrected chi connectivity index (χ0v) is 12.6. The Hall–Kier alpha value is -2.10. The molecular weight excluding hydrogens is 262 g/mol. The maximum Gasteiger partial charge on any atom is 0.227 e. The molecule has 2 aromatic rings. The lowest BCUT2D eigenvalue weighted by Gasteiger charge is -2.21. The molecule has 1 atom stereocenters. The van der Waals surface area contributed by atoms with E-state index >= 15 is 0 Å². The molecule has 21 heavy (non-hydrogen) atoms. The lowest BCUT2D eigenvalue weighted by Crippen LogP contribution is -2.28. The Morgan fingerprint density at radius 2 is 2.24 bits per heavy atom. The fourth-order valence-electron chi connectivity index (χ4n) is 3.03. The lowest BCUT2D eigenvalue weighted by atomic mass is 9.89. The highest BCUT2D eigenvalue weighted by atomic mass is 16.1. The number of benzene rings is 1. The first-order chi connectivity index (χ1) is 10.2. The molecule has 0 fully saturated rings. The Kier molecular flexibility index (Phi) is 3.78. The van der Waals surface area contributed by atoms with E-state index in [-0.39, 0.29) is 11.8 Å². The second-order valence-corrected chi connectivity index (χ2v) is 5.69. The smallest absolute Gasteiger partial charge is 0.227 e.